The lowest BCUT2D eigenvalue weighted by atomic mass is 10.1. The van der Waals surface area contributed by atoms with E-state index in [1.165, 1.54) is 19.2 Å². The maximum Gasteiger partial charge on any atom is 0.215 e. The number of halogens is 1. The molecule has 3 N–H and O–H groups in total. The molecule has 2 aromatic rings. The highest BCUT2D eigenvalue weighted by molar-refractivity contribution is 7.88. The number of aliphatic imine (C=N–C) groups is 1. The van der Waals surface area contributed by atoms with Gasteiger partial charge in [-0.3, -0.25) is 0 Å². The van der Waals surface area contributed by atoms with Crippen LogP contribution in [0, 0.1) is 5.82 Å². The molecule has 6 nitrogen and oxygen atoms in total. The summed E-state index contributed by atoms with van der Waals surface area (Å²) in [6.45, 7) is 3.89. The normalized spacial score (nSPS) is 12.0. The lowest BCUT2D eigenvalue weighted by Gasteiger charge is -2.11. The molecular weight excluding hydrogens is 379 g/mol. The van der Waals surface area contributed by atoms with Crippen LogP contribution in [0.5, 0.6) is 0 Å². The van der Waals surface area contributed by atoms with Crippen LogP contribution in [-0.4, -0.2) is 34.5 Å². The van der Waals surface area contributed by atoms with Crippen LogP contribution in [0.1, 0.15) is 23.6 Å². The first-order valence-electron chi connectivity index (χ1n) is 9.17. The molecule has 0 saturated carbocycles. The zero-order valence-corrected chi connectivity index (χ0v) is 17.0. The number of sulfonamides is 1. The summed E-state index contributed by atoms with van der Waals surface area (Å²) >= 11 is 0. The van der Waals surface area contributed by atoms with E-state index in [2.05, 4.69) is 20.3 Å². The summed E-state index contributed by atoms with van der Waals surface area (Å²) in [5, 5.41) is 6.45. The molecule has 0 aliphatic heterocycles. The highest BCUT2D eigenvalue weighted by Gasteiger charge is 2.08. The van der Waals surface area contributed by atoms with E-state index < -0.39 is 10.0 Å². The number of hydrogen-bond donors (Lipinski definition) is 3. The van der Waals surface area contributed by atoms with Gasteiger partial charge in [-0.1, -0.05) is 36.4 Å². The zero-order valence-electron chi connectivity index (χ0n) is 16.2. The van der Waals surface area contributed by atoms with Crippen molar-refractivity contribution in [3.8, 4) is 0 Å². The fourth-order valence-electron chi connectivity index (χ4n) is 2.52. The molecule has 0 atom stereocenters. The summed E-state index contributed by atoms with van der Waals surface area (Å²) in [5.41, 5.74) is 2.77. The maximum absolute atomic E-state index is 12.9. The van der Waals surface area contributed by atoms with E-state index in [1.54, 1.807) is 24.3 Å². The predicted molar refractivity (Wildman–Crippen MR) is 111 cm³/mol. The van der Waals surface area contributed by atoms with E-state index in [-0.39, 0.29) is 11.6 Å². The highest BCUT2D eigenvalue weighted by atomic mass is 32.2. The van der Waals surface area contributed by atoms with Crippen LogP contribution in [0.4, 0.5) is 4.39 Å². The summed E-state index contributed by atoms with van der Waals surface area (Å²) in [5.74, 6) is 0.424. The number of nitrogens with zero attached hydrogens (tertiary/aromatic N) is 1. The molecule has 0 aliphatic rings. The van der Waals surface area contributed by atoms with Crippen LogP contribution in [0.3, 0.4) is 0 Å². The summed E-state index contributed by atoms with van der Waals surface area (Å²) in [6.07, 6.45) is 0.763. The van der Waals surface area contributed by atoms with Gasteiger partial charge in [0, 0.05) is 13.1 Å². The van der Waals surface area contributed by atoms with Gasteiger partial charge in [0.15, 0.2) is 5.96 Å². The van der Waals surface area contributed by atoms with Crippen LogP contribution >= 0.6 is 0 Å². The largest absolute Gasteiger partial charge is 0.357 e. The van der Waals surface area contributed by atoms with E-state index in [0.717, 1.165) is 29.7 Å². The van der Waals surface area contributed by atoms with Crippen molar-refractivity contribution in [1.82, 2.24) is 15.4 Å². The average Bonchev–Trinajstić information content (AvgIpc) is 2.68. The lowest BCUT2D eigenvalue weighted by Crippen LogP contribution is -2.38. The second kappa shape index (κ2) is 10.8. The topological polar surface area (TPSA) is 82.6 Å². The molecule has 0 aromatic heterocycles. The Labute approximate surface area is 166 Å². The van der Waals surface area contributed by atoms with Gasteiger partial charge in [-0.15, -0.1) is 0 Å². The van der Waals surface area contributed by atoms with Gasteiger partial charge in [-0.05, 0) is 49.2 Å². The molecule has 0 aliphatic carbocycles. The standard InChI is InChI=1S/C20H27FN4O2S/c1-3-23-20(24-13-12-16-8-10-19(21)11-9-16)25-14-17-4-6-18(7-5-17)15-28(26,27)22-2/h4-11,22H,3,12-15H2,1-2H3,(H2,23,24,25). The fraction of sp³-hybridized carbons (Fsp3) is 0.350. The molecule has 0 bridgehead atoms. The molecule has 0 unspecified atom stereocenters. The van der Waals surface area contributed by atoms with Gasteiger partial charge in [0.1, 0.15) is 5.82 Å². The molecule has 2 aromatic carbocycles. The summed E-state index contributed by atoms with van der Waals surface area (Å²) in [4.78, 5) is 4.55. The van der Waals surface area contributed by atoms with E-state index in [0.29, 0.717) is 19.0 Å². The Morgan fingerprint density at radius 3 is 2.18 bits per heavy atom. The van der Waals surface area contributed by atoms with Gasteiger partial charge >= 0.3 is 0 Å². The fourth-order valence-corrected chi connectivity index (χ4v) is 3.30. The third kappa shape index (κ3) is 7.66. The lowest BCUT2D eigenvalue weighted by molar-refractivity contribution is 0.587. The molecule has 0 heterocycles. The predicted octanol–water partition coefficient (Wildman–Crippen LogP) is 2.17. The van der Waals surface area contributed by atoms with Crippen molar-refractivity contribution < 1.29 is 12.8 Å². The number of hydrogen-bond acceptors (Lipinski definition) is 3. The third-order valence-corrected chi connectivity index (χ3v) is 5.41. The van der Waals surface area contributed by atoms with E-state index in [4.69, 9.17) is 0 Å². The van der Waals surface area contributed by atoms with Crippen LogP contribution in [0.25, 0.3) is 0 Å². The van der Waals surface area contributed by atoms with Crippen molar-refractivity contribution in [2.45, 2.75) is 25.6 Å². The Balaban J connectivity index is 1.89. The molecule has 0 radical (unpaired) electrons. The van der Waals surface area contributed by atoms with Gasteiger partial charge in [-0.2, -0.15) is 0 Å². The Kier molecular flexibility index (Phi) is 8.41. The minimum Gasteiger partial charge on any atom is -0.357 e. The molecule has 28 heavy (non-hydrogen) atoms. The number of guanidine groups is 1. The van der Waals surface area contributed by atoms with Crippen molar-refractivity contribution in [2.24, 2.45) is 4.99 Å². The van der Waals surface area contributed by atoms with Gasteiger partial charge in [-0.25, -0.2) is 22.5 Å². The quantitative estimate of drug-likeness (QED) is 0.440. The molecule has 0 amide bonds. The zero-order chi connectivity index (χ0) is 20.4. The second-order valence-electron chi connectivity index (χ2n) is 6.28. The minimum atomic E-state index is -3.27. The number of nitrogens with one attached hydrogen (secondary N) is 3. The molecule has 8 heteroatoms. The number of rotatable bonds is 9. The van der Waals surface area contributed by atoms with Crippen LogP contribution in [-0.2, 0) is 28.7 Å². The van der Waals surface area contributed by atoms with E-state index in [1.807, 2.05) is 19.1 Å². The monoisotopic (exact) mass is 406 g/mol. The molecule has 0 saturated heterocycles. The first kappa shape index (κ1) is 21.8. The second-order valence-corrected chi connectivity index (χ2v) is 8.20. The van der Waals surface area contributed by atoms with Crippen molar-refractivity contribution in [3.05, 3.63) is 71.0 Å². The summed E-state index contributed by atoms with van der Waals surface area (Å²) < 4.78 is 38.4. The van der Waals surface area contributed by atoms with Gasteiger partial charge in [0.25, 0.3) is 0 Å². The molecular formula is C20H27FN4O2S. The minimum absolute atomic E-state index is 0.0410. The van der Waals surface area contributed by atoms with Gasteiger partial charge in [0.05, 0.1) is 12.3 Å². The molecule has 0 fully saturated rings. The van der Waals surface area contributed by atoms with Crippen molar-refractivity contribution in [3.63, 3.8) is 0 Å². The van der Waals surface area contributed by atoms with Crippen LogP contribution < -0.4 is 15.4 Å². The van der Waals surface area contributed by atoms with Crippen molar-refractivity contribution in [2.75, 3.05) is 20.1 Å². The van der Waals surface area contributed by atoms with Gasteiger partial charge in [0.2, 0.25) is 10.0 Å². The van der Waals surface area contributed by atoms with E-state index >= 15 is 0 Å². The Morgan fingerprint density at radius 2 is 1.57 bits per heavy atom. The first-order valence-corrected chi connectivity index (χ1v) is 10.8. The molecule has 0 spiro atoms. The maximum atomic E-state index is 12.9. The third-order valence-electron chi connectivity index (χ3n) is 4.07. The Bertz CT molecular complexity index is 866. The van der Waals surface area contributed by atoms with Crippen LogP contribution in [0.2, 0.25) is 0 Å². The van der Waals surface area contributed by atoms with Gasteiger partial charge < -0.3 is 10.6 Å². The van der Waals surface area contributed by atoms with Crippen LogP contribution in [0.15, 0.2) is 53.5 Å². The molecule has 2 rings (SSSR count). The smallest absolute Gasteiger partial charge is 0.215 e. The average molecular weight is 407 g/mol. The number of benzene rings is 2. The Hall–Kier alpha value is -2.45. The molecule has 152 valence electrons. The highest BCUT2D eigenvalue weighted by Crippen LogP contribution is 2.09. The van der Waals surface area contributed by atoms with E-state index in [9.17, 15) is 12.8 Å². The van der Waals surface area contributed by atoms with Crippen molar-refractivity contribution >= 4 is 16.0 Å². The SMILES string of the molecule is CCNC(=NCc1ccc(CS(=O)(=O)NC)cc1)NCCc1ccc(F)cc1. The summed E-state index contributed by atoms with van der Waals surface area (Å²) in [7, 11) is -1.87. The summed E-state index contributed by atoms with van der Waals surface area (Å²) in [6, 6.07) is 13.8. The first-order chi connectivity index (χ1) is 13.4. The Morgan fingerprint density at radius 1 is 0.964 bits per heavy atom. The van der Waals surface area contributed by atoms with Crippen molar-refractivity contribution in [1.29, 1.82) is 0 Å².